The number of nitrogens with zero attached hydrogens (tertiary/aromatic N) is 2. The number of hydrogen-bond acceptors (Lipinski definition) is 5. The molecule has 0 aliphatic heterocycles. The molecule has 40 heavy (non-hydrogen) atoms. The van der Waals surface area contributed by atoms with Crippen molar-refractivity contribution in [3.63, 3.8) is 0 Å². The molecule has 9 nitrogen and oxygen atoms in total. The number of para-hydroxylation sites is 1. The Bertz CT molecular complexity index is 1440. The van der Waals surface area contributed by atoms with Crippen LogP contribution in [-0.4, -0.2) is 39.0 Å². The summed E-state index contributed by atoms with van der Waals surface area (Å²) in [6.45, 7) is -0.0810. The summed E-state index contributed by atoms with van der Waals surface area (Å²) in [7, 11) is 0. The first-order chi connectivity index (χ1) is 19.4. The van der Waals surface area contributed by atoms with Gasteiger partial charge >= 0.3 is 6.03 Å². The Balaban J connectivity index is 1.72. The summed E-state index contributed by atoms with van der Waals surface area (Å²) >= 11 is 0. The lowest BCUT2D eigenvalue weighted by molar-refractivity contribution is -0.122. The van der Waals surface area contributed by atoms with E-state index < -0.39 is 24.0 Å². The molecule has 1 atom stereocenters. The van der Waals surface area contributed by atoms with Gasteiger partial charge in [-0.05, 0) is 28.8 Å². The zero-order valence-corrected chi connectivity index (χ0v) is 21.7. The third kappa shape index (κ3) is 6.76. The molecule has 7 N–H and O–H groups in total. The van der Waals surface area contributed by atoms with Crippen LogP contribution in [0.2, 0.25) is 0 Å². The van der Waals surface area contributed by atoms with E-state index in [1.54, 1.807) is 42.5 Å². The fraction of sp³-hybridized carbons (Fsp3) is 0.129. The molecule has 0 heterocycles. The van der Waals surface area contributed by atoms with Crippen molar-refractivity contribution in [3.8, 4) is 5.75 Å². The van der Waals surface area contributed by atoms with Crippen LogP contribution in [-0.2, 0) is 17.8 Å². The number of phenols is 1. The van der Waals surface area contributed by atoms with Crippen molar-refractivity contribution in [1.29, 1.82) is 0 Å². The maximum Gasteiger partial charge on any atom is 0.319 e. The molecule has 0 spiro atoms. The largest absolute Gasteiger partial charge is 0.508 e. The summed E-state index contributed by atoms with van der Waals surface area (Å²) in [5.41, 5.74) is 14.9. The van der Waals surface area contributed by atoms with E-state index in [1.165, 1.54) is 11.0 Å². The molecular formula is C31H31N5O4. The second-order valence-corrected chi connectivity index (χ2v) is 9.27. The van der Waals surface area contributed by atoms with Gasteiger partial charge in [0.25, 0.3) is 0 Å². The number of oxime groups is 1. The first kappa shape index (κ1) is 27.7. The minimum atomic E-state index is -1.09. The number of urea groups is 1. The van der Waals surface area contributed by atoms with Crippen molar-refractivity contribution >= 4 is 17.8 Å². The molecule has 204 valence electrons. The van der Waals surface area contributed by atoms with Gasteiger partial charge in [0.2, 0.25) is 5.91 Å². The first-order valence-corrected chi connectivity index (χ1v) is 12.7. The molecule has 0 aliphatic carbocycles. The third-order valence-electron chi connectivity index (χ3n) is 6.59. The Hall–Kier alpha value is -5.31. The highest BCUT2D eigenvalue weighted by Crippen LogP contribution is 2.25. The van der Waals surface area contributed by atoms with Crippen LogP contribution in [0.5, 0.6) is 5.75 Å². The Kier molecular flexibility index (Phi) is 8.99. The predicted molar refractivity (Wildman–Crippen MR) is 153 cm³/mol. The van der Waals surface area contributed by atoms with E-state index in [0.29, 0.717) is 16.7 Å². The second kappa shape index (κ2) is 13.0. The average molecular weight is 538 g/mol. The number of primary amides is 1. The fourth-order valence-corrected chi connectivity index (χ4v) is 4.51. The number of carbonyl (C=O) groups excluding carboxylic acids is 2. The van der Waals surface area contributed by atoms with E-state index >= 15 is 0 Å². The summed E-state index contributed by atoms with van der Waals surface area (Å²) in [5, 5.41) is 25.7. The average Bonchev–Trinajstić information content (AvgIpc) is 2.99. The molecule has 0 saturated carbocycles. The Morgan fingerprint density at radius 3 is 2.00 bits per heavy atom. The van der Waals surface area contributed by atoms with Crippen molar-refractivity contribution in [2.24, 2.45) is 16.6 Å². The van der Waals surface area contributed by atoms with Gasteiger partial charge in [-0.1, -0.05) is 102 Å². The molecule has 0 unspecified atom stereocenters. The minimum absolute atomic E-state index is 0.0138. The van der Waals surface area contributed by atoms with Crippen LogP contribution in [0.25, 0.3) is 0 Å². The highest BCUT2D eigenvalue weighted by Gasteiger charge is 2.31. The normalized spacial score (nSPS) is 12.1. The van der Waals surface area contributed by atoms with Crippen molar-refractivity contribution in [2.45, 2.75) is 25.0 Å². The number of amidine groups is 1. The zero-order valence-electron chi connectivity index (χ0n) is 21.7. The SMILES string of the molecule is NC(=O)[C@@H](Cc1cccc(C(N)=NO)c1)N(Cc1ccccc1O)C(=O)NC(c1ccccc1)c1ccccc1. The van der Waals surface area contributed by atoms with Gasteiger partial charge in [0.15, 0.2) is 5.84 Å². The maximum absolute atomic E-state index is 14.0. The number of carbonyl (C=O) groups is 2. The van der Waals surface area contributed by atoms with Crippen LogP contribution >= 0.6 is 0 Å². The summed E-state index contributed by atoms with van der Waals surface area (Å²) in [6.07, 6.45) is 0.0598. The standard InChI is InChI=1S/C31H31N5O4/c32-29(35-40)24-16-9-10-21(18-24)19-26(30(33)38)36(20-25-15-7-8-17-27(25)37)31(39)34-28(22-11-3-1-4-12-22)23-13-5-2-6-14-23/h1-18,26,28,37,40H,19-20H2,(H2,32,35)(H2,33,38)(H,34,39)/t26-/m1/s1. The van der Waals surface area contributed by atoms with Crippen molar-refractivity contribution < 1.29 is 19.9 Å². The van der Waals surface area contributed by atoms with Gasteiger partial charge in [-0.15, -0.1) is 0 Å². The van der Waals surface area contributed by atoms with Crippen LogP contribution in [0.3, 0.4) is 0 Å². The van der Waals surface area contributed by atoms with Gasteiger partial charge in [-0.25, -0.2) is 4.79 Å². The van der Waals surface area contributed by atoms with Crippen LogP contribution in [0.1, 0.15) is 33.9 Å². The maximum atomic E-state index is 14.0. The molecule has 4 rings (SSSR count). The minimum Gasteiger partial charge on any atom is -0.508 e. The second-order valence-electron chi connectivity index (χ2n) is 9.27. The van der Waals surface area contributed by atoms with Crippen LogP contribution in [0.15, 0.2) is 114 Å². The summed E-state index contributed by atoms with van der Waals surface area (Å²) < 4.78 is 0. The van der Waals surface area contributed by atoms with Gasteiger partial charge in [-0.2, -0.15) is 0 Å². The molecule has 0 radical (unpaired) electrons. The molecular weight excluding hydrogens is 506 g/mol. The van der Waals surface area contributed by atoms with Crippen LogP contribution in [0, 0.1) is 0 Å². The highest BCUT2D eigenvalue weighted by molar-refractivity contribution is 5.97. The number of amides is 3. The summed E-state index contributed by atoms with van der Waals surface area (Å²) in [5.74, 6) is -0.828. The number of aromatic hydroxyl groups is 1. The predicted octanol–water partition coefficient (Wildman–Crippen LogP) is 3.88. The molecule has 0 bridgehead atoms. The number of nitrogens with one attached hydrogen (secondary N) is 1. The smallest absolute Gasteiger partial charge is 0.319 e. The summed E-state index contributed by atoms with van der Waals surface area (Å²) in [6, 6.07) is 30.2. The van der Waals surface area contributed by atoms with Gasteiger partial charge in [0.05, 0.1) is 12.6 Å². The molecule has 0 aliphatic rings. The lowest BCUT2D eigenvalue weighted by atomic mass is 9.98. The Morgan fingerprint density at radius 2 is 1.43 bits per heavy atom. The van der Waals surface area contributed by atoms with Crippen molar-refractivity contribution in [3.05, 3.63) is 137 Å². The fourth-order valence-electron chi connectivity index (χ4n) is 4.51. The molecule has 0 saturated heterocycles. The topological polar surface area (TPSA) is 154 Å². The molecule has 3 amide bonds. The van der Waals surface area contributed by atoms with Gasteiger partial charge < -0.3 is 32.0 Å². The van der Waals surface area contributed by atoms with E-state index in [2.05, 4.69) is 10.5 Å². The van der Waals surface area contributed by atoms with E-state index in [9.17, 15) is 14.7 Å². The summed E-state index contributed by atoms with van der Waals surface area (Å²) in [4.78, 5) is 28.2. The number of nitrogens with two attached hydrogens (primary N) is 2. The quantitative estimate of drug-likeness (QED) is 0.0899. The first-order valence-electron chi connectivity index (χ1n) is 12.7. The van der Waals surface area contributed by atoms with Gasteiger partial charge in [0, 0.05) is 17.5 Å². The number of benzene rings is 4. The molecule has 0 aromatic heterocycles. The molecule has 0 fully saturated rings. The Labute approximate surface area is 232 Å². The van der Waals surface area contributed by atoms with Crippen LogP contribution < -0.4 is 16.8 Å². The molecule has 4 aromatic carbocycles. The highest BCUT2D eigenvalue weighted by atomic mass is 16.4. The number of hydrogen-bond donors (Lipinski definition) is 5. The van der Waals surface area contributed by atoms with Crippen molar-refractivity contribution in [2.75, 3.05) is 0 Å². The number of phenolic OH excluding ortho intramolecular Hbond substituents is 1. The van der Waals surface area contributed by atoms with E-state index in [0.717, 1.165) is 11.1 Å². The monoisotopic (exact) mass is 537 g/mol. The molecule has 9 heteroatoms. The Morgan fingerprint density at radius 1 is 0.825 bits per heavy atom. The lowest BCUT2D eigenvalue weighted by Gasteiger charge is -2.32. The van der Waals surface area contributed by atoms with Gasteiger partial charge in [-0.3, -0.25) is 4.79 Å². The number of rotatable bonds is 10. The van der Waals surface area contributed by atoms with Crippen LogP contribution in [0.4, 0.5) is 4.79 Å². The van der Waals surface area contributed by atoms with E-state index in [1.807, 2.05) is 60.7 Å². The lowest BCUT2D eigenvalue weighted by Crippen LogP contribution is -2.52. The zero-order chi connectivity index (χ0) is 28.5. The third-order valence-corrected chi connectivity index (χ3v) is 6.59. The van der Waals surface area contributed by atoms with Crippen molar-refractivity contribution in [1.82, 2.24) is 10.2 Å². The van der Waals surface area contributed by atoms with E-state index in [4.69, 9.17) is 16.7 Å². The molecule has 4 aromatic rings. The van der Waals surface area contributed by atoms with Gasteiger partial charge in [0.1, 0.15) is 11.8 Å². The van der Waals surface area contributed by atoms with E-state index in [-0.39, 0.29) is 24.6 Å².